The molecular formula is C14H15BrFN3O. The Bertz CT molecular complexity index is 623. The maximum atomic E-state index is 13.3. The van der Waals surface area contributed by atoms with Crippen molar-refractivity contribution < 1.29 is 8.91 Å². The summed E-state index contributed by atoms with van der Waals surface area (Å²) >= 11 is 3.17. The molecule has 20 heavy (non-hydrogen) atoms. The summed E-state index contributed by atoms with van der Waals surface area (Å²) in [7, 11) is 0. The third-order valence-corrected chi connectivity index (χ3v) is 4.59. The van der Waals surface area contributed by atoms with Gasteiger partial charge in [0.15, 0.2) is 0 Å². The summed E-state index contributed by atoms with van der Waals surface area (Å²) < 4.78 is 19.1. The summed E-state index contributed by atoms with van der Waals surface area (Å²) in [6, 6.07) is 4.71. The van der Waals surface area contributed by atoms with E-state index in [0.717, 1.165) is 31.5 Å². The second-order valence-corrected chi connectivity index (χ2v) is 5.97. The second kappa shape index (κ2) is 5.26. The first-order valence-corrected chi connectivity index (χ1v) is 7.44. The zero-order valence-electron chi connectivity index (χ0n) is 11.1. The van der Waals surface area contributed by atoms with E-state index in [1.807, 2.05) is 0 Å². The average Bonchev–Trinajstić information content (AvgIpc) is 3.10. The van der Waals surface area contributed by atoms with Crippen LogP contribution in [0.25, 0.3) is 11.4 Å². The Morgan fingerprint density at radius 3 is 3.00 bits per heavy atom. The highest BCUT2D eigenvalue weighted by molar-refractivity contribution is 9.10. The van der Waals surface area contributed by atoms with Crippen molar-refractivity contribution in [1.29, 1.82) is 0 Å². The summed E-state index contributed by atoms with van der Waals surface area (Å²) in [5, 5.41) is 7.38. The number of hydrogen-bond acceptors (Lipinski definition) is 4. The lowest BCUT2D eigenvalue weighted by atomic mass is 9.84. The van der Waals surface area contributed by atoms with Gasteiger partial charge in [-0.25, -0.2) is 4.39 Å². The number of nitrogens with one attached hydrogen (secondary N) is 1. The molecule has 1 aromatic heterocycles. The van der Waals surface area contributed by atoms with Crippen molar-refractivity contribution in [2.45, 2.75) is 25.2 Å². The Kier molecular flexibility index (Phi) is 3.60. The Morgan fingerprint density at radius 1 is 1.50 bits per heavy atom. The lowest BCUT2D eigenvalue weighted by Crippen LogP contribution is -2.28. The Labute approximate surface area is 124 Å². The maximum Gasteiger partial charge on any atom is 0.234 e. The molecule has 106 valence electrons. The van der Waals surface area contributed by atoms with Gasteiger partial charge in [0, 0.05) is 12.1 Å². The number of hydrogen-bond donors (Lipinski definition) is 1. The minimum Gasteiger partial charge on any atom is -0.338 e. The van der Waals surface area contributed by atoms with E-state index in [4.69, 9.17) is 4.52 Å². The van der Waals surface area contributed by atoms with E-state index in [-0.39, 0.29) is 11.2 Å². The van der Waals surface area contributed by atoms with Crippen molar-refractivity contribution in [1.82, 2.24) is 15.5 Å². The van der Waals surface area contributed by atoms with Crippen molar-refractivity contribution in [2.75, 3.05) is 13.1 Å². The van der Waals surface area contributed by atoms with Gasteiger partial charge in [0.1, 0.15) is 5.82 Å². The van der Waals surface area contributed by atoms with Gasteiger partial charge in [-0.15, -0.1) is 0 Å². The molecular weight excluding hydrogens is 325 g/mol. The van der Waals surface area contributed by atoms with Gasteiger partial charge in [-0.2, -0.15) is 4.98 Å². The molecule has 1 aromatic carbocycles. The van der Waals surface area contributed by atoms with Crippen LogP contribution in [0.1, 0.15) is 25.7 Å². The van der Waals surface area contributed by atoms with Gasteiger partial charge >= 0.3 is 0 Å². The first kappa shape index (κ1) is 13.7. The molecule has 6 heteroatoms. The molecule has 1 aliphatic rings. The van der Waals surface area contributed by atoms with Crippen LogP contribution in [0.15, 0.2) is 27.2 Å². The van der Waals surface area contributed by atoms with Gasteiger partial charge in [0.2, 0.25) is 11.7 Å². The van der Waals surface area contributed by atoms with Crippen molar-refractivity contribution >= 4 is 15.9 Å². The number of nitrogens with zero attached hydrogens (tertiary/aromatic N) is 2. The summed E-state index contributed by atoms with van der Waals surface area (Å²) in [5.41, 5.74) is 0.674. The molecule has 1 unspecified atom stereocenters. The highest BCUT2D eigenvalue weighted by Gasteiger charge is 2.39. The minimum absolute atomic E-state index is 0.0670. The van der Waals surface area contributed by atoms with E-state index in [2.05, 4.69) is 38.3 Å². The first-order chi connectivity index (χ1) is 9.64. The largest absolute Gasteiger partial charge is 0.338 e. The first-order valence-electron chi connectivity index (χ1n) is 6.65. The Balaban J connectivity index is 1.95. The average molecular weight is 340 g/mol. The maximum absolute atomic E-state index is 13.3. The Morgan fingerprint density at radius 2 is 2.35 bits per heavy atom. The molecule has 1 fully saturated rings. The van der Waals surface area contributed by atoms with Crippen molar-refractivity contribution in [3.8, 4) is 11.4 Å². The monoisotopic (exact) mass is 339 g/mol. The van der Waals surface area contributed by atoms with E-state index in [1.165, 1.54) is 6.07 Å². The number of benzene rings is 1. The molecule has 1 aliphatic heterocycles. The summed E-state index contributed by atoms with van der Waals surface area (Å²) in [6.07, 6.45) is 1.95. The van der Waals surface area contributed by atoms with Gasteiger partial charge in [0.25, 0.3) is 0 Å². The third kappa shape index (κ3) is 2.27. The van der Waals surface area contributed by atoms with E-state index >= 15 is 0 Å². The predicted molar refractivity (Wildman–Crippen MR) is 76.8 cm³/mol. The number of aromatic nitrogens is 2. The molecule has 0 spiro atoms. The van der Waals surface area contributed by atoms with Crippen LogP contribution >= 0.6 is 15.9 Å². The summed E-state index contributed by atoms with van der Waals surface area (Å²) in [4.78, 5) is 4.52. The van der Waals surface area contributed by atoms with Crippen molar-refractivity contribution in [2.24, 2.45) is 0 Å². The summed E-state index contributed by atoms with van der Waals surface area (Å²) in [5.74, 6) is 0.864. The van der Waals surface area contributed by atoms with Gasteiger partial charge < -0.3 is 9.84 Å². The van der Waals surface area contributed by atoms with Crippen LogP contribution in [-0.2, 0) is 5.41 Å². The lowest BCUT2D eigenvalue weighted by molar-refractivity contribution is 0.285. The van der Waals surface area contributed by atoms with Crippen LogP contribution in [0.2, 0.25) is 0 Å². The predicted octanol–water partition coefficient (Wildman–Crippen LogP) is 3.28. The van der Waals surface area contributed by atoms with Gasteiger partial charge in [-0.05, 0) is 53.5 Å². The van der Waals surface area contributed by atoms with Gasteiger partial charge in [-0.1, -0.05) is 12.1 Å². The van der Waals surface area contributed by atoms with Crippen LogP contribution in [-0.4, -0.2) is 23.2 Å². The second-order valence-electron chi connectivity index (χ2n) is 5.11. The fourth-order valence-corrected chi connectivity index (χ4v) is 2.95. The summed E-state index contributed by atoms with van der Waals surface area (Å²) in [6.45, 7) is 3.96. The van der Waals surface area contributed by atoms with E-state index in [9.17, 15) is 4.39 Å². The molecule has 4 nitrogen and oxygen atoms in total. The topological polar surface area (TPSA) is 51.0 Å². The lowest BCUT2D eigenvalue weighted by Gasteiger charge is -2.20. The number of rotatable bonds is 3. The van der Waals surface area contributed by atoms with Crippen molar-refractivity contribution in [3.63, 3.8) is 0 Å². The van der Waals surface area contributed by atoms with E-state index in [1.54, 1.807) is 12.1 Å². The standard InChI is InChI=1S/C14H15BrFN3O/c1-2-14(5-6-17-8-14)13-18-12(19-20-13)9-3-4-11(16)10(15)7-9/h3-4,7,17H,2,5-6,8H2,1H3. The molecule has 0 radical (unpaired) electrons. The molecule has 3 rings (SSSR count). The fourth-order valence-electron chi connectivity index (χ4n) is 2.57. The zero-order valence-corrected chi connectivity index (χ0v) is 12.7. The van der Waals surface area contributed by atoms with E-state index in [0.29, 0.717) is 16.2 Å². The third-order valence-electron chi connectivity index (χ3n) is 3.98. The smallest absolute Gasteiger partial charge is 0.234 e. The molecule has 2 heterocycles. The van der Waals surface area contributed by atoms with Crippen LogP contribution in [0.5, 0.6) is 0 Å². The van der Waals surface area contributed by atoms with E-state index < -0.39 is 0 Å². The van der Waals surface area contributed by atoms with Crippen LogP contribution in [0.3, 0.4) is 0 Å². The minimum atomic E-state index is -0.303. The molecule has 1 saturated heterocycles. The number of halogens is 2. The molecule has 2 aromatic rings. The highest BCUT2D eigenvalue weighted by atomic mass is 79.9. The highest BCUT2D eigenvalue weighted by Crippen LogP contribution is 2.34. The van der Waals surface area contributed by atoms with Crippen LogP contribution in [0, 0.1) is 5.82 Å². The fraction of sp³-hybridized carbons (Fsp3) is 0.429. The Hall–Kier alpha value is -1.27. The molecule has 1 atom stereocenters. The molecule has 0 saturated carbocycles. The van der Waals surface area contributed by atoms with Crippen LogP contribution < -0.4 is 5.32 Å². The molecule has 0 aliphatic carbocycles. The molecule has 0 amide bonds. The molecule has 0 bridgehead atoms. The molecule has 1 N–H and O–H groups in total. The van der Waals surface area contributed by atoms with Gasteiger partial charge in [-0.3, -0.25) is 0 Å². The quantitative estimate of drug-likeness (QED) is 0.932. The zero-order chi connectivity index (χ0) is 14.2. The van der Waals surface area contributed by atoms with Gasteiger partial charge in [0.05, 0.1) is 9.89 Å². The van der Waals surface area contributed by atoms with Crippen molar-refractivity contribution in [3.05, 3.63) is 34.4 Å². The SMILES string of the molecule is CCC1(c2nc(-c3ccc(F)c(Br)c3)no2)CCNC1. The normalized spacial score (nSPS) is 22.4. The van der Waals surface area contributed by atoms with Crippen LogP contribution in [0.4, 0.5) is 4.39 Å².